The lowest BCUT2D eigenvalue weighted by molar-refractivity contribution is -0.134. The second-order valence-corrected chi connectivity index (χ2v) is 24.8. The number of piperazine rings is 1. The highest BCUT2D eigenvalue weighted by Gasteiger charge is 2.23. The Balaban J connectivity index is 0.736. The number of imidazole rings is 1. The number of carbonyl (C=O) groups excluding carboxylic acids is 1. The summed E-state index contributed by atoms with van der Waals surface area (Å²) in [6.45, 7) is 33.3. The summed E-state index contributed by atoms with van der Waals surface area (Å²) in [5.41, 5.74) is 18.2. The molecule has 111 heavy (non-hydrogen) atoms. The standard InChI is InChI=1S/C75H134N10O26/c1-4-5-6-70-79-72-73(75(111-67(2)3)81-80-74(72)76)85(70)66-69-9-7-68(8-10-69)65-83-13-15-84(16-14-83)71(86)11-17-87-19-21-89-23-25-91-27-29-93-31-33-95-35-37-97-39-41-99-43-45-101-47-49-103-51-53-105-55-57-107-59-61-109-63-64-110-62-60-108-58-56-106-54-52-104-50-48-102-46-44-100-42-40-98-38-36-96-34-32-94-30-28-92-26-24-90-22-20-88-18-12-78-82-77/h7-10,67H,4-6,11-66H2,1-3H3,(H2,76,80). The molecule has 2 aromatic heterocycles. The van der Waals surface area contributed by atoms with Gasteiger partial charge in [-0.05, 0) is 36.9 Å². The highest BCUT2D eigenvalue weighted by Crippen LogP contribution is 2.30. The molecule has 1 fully saturated rings. The van der Waals surface area contributed by atoms with E-state index in [1.165, 1.54) is 5.56 Å². The predicted octanol–water partition coefficient (Wildman–Crippen LogP) is 4.33. The van der Waals surface area contributed by atoms with Crippen molar-refractivity contribution < 1.29 is 123 Å². The van der Waals surface area contributed by atoms with E-state index < -0.39 is 0 Å². The Morgan fingerprint density at radius 2 is 0.694 bits per heavy atom. The Morgan fingerprint density at radius 3 is 0.973 bits per heavy atom. The number of nitrogen functional groups attached to an aromatic ring is 1. The first-order valence-corrected chi connectivity index (χ1v) is 39.5. The molecule has 3 aromatic rings. The van der Waals surface area contributed by atoms with Gasteiger partial charge in [0, 0.05) is 57.1 Å². The van der Waals surface area contributed by atoms with Gasteiger partial charge in [-0.2, -0.15) is 0 Å². The lowest BCUT2D eigenvalue weighted by atomic mass is 10.1. The van der Waals surface area contributed by atoms with Crippen LogP contribution in [0.25, 0.3) is 21.5 Å². The number of nitrogens with two attached hydrogens (primary N) is 1. The number of rotatable bonds is 84. The Morgan fingerprint density at radius 1 is 0.414 bits per heavy atom. The van der Waals surface area contributed by atoms with Gasteiger partial charge >= 0.3 is 0 Å². The summed E-state index contributed by atoms with van der Waals surface area (Å²) in [7, 11) is 0. The number of ether oxygens (including phenoxy) is 25. The normalized spacial score (nSPS) is 12.7. The van der Waals surface area contributed by atoms with E-state index in [1.54, 1.807) is 0 Å². The summed E-state index contributed by atoms with van der Waals surface area (Å²) in [6.07, 6.45) is 3.17. The van der Waals surface area contributed by atoms with Crippen molar-refractivity contribution in [2.75, 3.05) is 356 Å². The lowest BCUT2D eigenvalue weighted by Crippen LogP contribution is -2.48. The third-order valence-corrected chi connectivity index (χ3v) is 15.8. The van der Waals surface area contributed by atoms with Crippen molar-refractivity contribution in [3.05, 3.63) is 51.7 Å². The SMILES string of the molecule is CCCCc1nc2c(N)nnc(OC(C)C)c2n1Cc1ccc(CN2CCN(C(=O)CCOCCOCCOCCOCCOCCOCCOCCOCCOCCOCCOCCOCCOCCOCCOCCOCCOCCOCCOCCOCCOCCOCCOCCOCCN=[N+]=[N-])CC2)cc1. The van der Waals surface area contributed by atoms with Crippen LogP contribution in [0.15, 0.2) is 29.4 Å². The minimum atomic E-state index is -0.0697. The zero-order chi connectivity index (χ0) is 78.7. The van der Waals surface area contributed by atoms with Crippen LogP contribution in [-0.2, 0) is 138 Å². The summed E-state index contributed by atoms with van der Waals surface area (Å²) in [4.78, 5) is 24.8. The van der Waals surface area contributed by atoms with E-state index in [0.29, 0.717) is 367 Å². The lowest BCUT2D eigenvalue weighted by Gasteiger charge is -2.34. The van der Waals surface area contributed by atoms with Gasteiger partial charge in [0.2, 0.25) is 5.91 Å². The number of amides is 1. The van der Waals surface area contributed by atoms with Crippen LogP contribution in [0.1, 0.15) is 57.0 Å². The molecule has 1 aliphatic heterocycles. The Labute approximate surface area is 657 Å². The number of hydrogen-bond donors (Lipinski definition) is 1. The summed E-state index contributed by atoms with van der Waals surface area (Å²) in [5.74, 6) is 1.81. The van der Waals surface area contributed by atoms with E-state index in [1.807, 2.05) is 18.7 Å². The molecule has 0 atom stereocenters. The molecule has 640 valence electrons. The van der Waals surface area contributed by atoms with E-state index in [9.17, 15) is 4.79 Å². The molecule has 0 radical (unpaired) electrons. The Kier molecular flexibility index (Phi) is 65.7. The first-order chi connectivity index (χ1) is 54.9. The van der Waals surface area contributed by atoms with Gasteiger partial charge in [0.05, 0.1) is 330 Å². The van der Waals surface area contributed by atoms with E-state index in [4.69, 9.17) is 135 Å². The molecule has 36 nitrogen and oxygen atoms in total. The van der Waals surface area contributed by atoms with Crippen LogP contribution in [0.3, 0.4) is 0 Å². The average molecular weight is 1590 g/mol. The quantitative estimate of drug-likeness (QED) is 0.0355. The van der Waals surface area contributed by atoms with Gasteiger partial charge in [0.1, 0.15) is 16.9 Å². The van der Waals surface area contributed by atoms with Crippen molar-refractivity contribution >= 4 is 22.8 Å². The maximum atomic E-state index is 12.9. The Bertz CT molecular complexity index is 2620. The maximum Gasteiger partial charge on any atom is 0.260 e. The Hall–Kier alpha value is -4.85. The van der Waals surface area contributed by atoms with Crippen LogP contribution in [-0.4, -0.2) is 391 Å². The number of hydrogen-bond acceptors (Lipinski definition) is 32. The molecule has 1 amide bonds. The van der Waals surface area contributed by atoms with Crippen LogP contribution in [0, 0.1) is 0 Å². The number of benzene rings is 1. The minimum absolute atomic E-state index is 0.0697. The van der Waals surface area contributed by atoms with Crippen LogP contribution in [0.5, 0.6) is 5.88 Å². The molecular weight excluding hydrogens is 1460 g/mol. The molecule has 0 spiro atoms. The largest absolute Gasteiger partial charge is 0.472 e. The van der Waals surface area contributed by atoms with Gasteiger partial charge in [0.15, 0.2) is 5.82 Å². The summed E-state index contributed by atoms with van der Waals surface area (Å²) < 4.78 is 141. The molecule has 4 rings (SSSR count). The predicted molar refractivity (Wildman–Crippen MR) is 410 cm³/mol. The van der Waals surface area contributed by atoms with E-state index in [2.05, 4.69) is 60.9 Å². The van der Waals surface area contributed by atoms with Crippen molar-refractivity contribution in [1.29, 1.82) is 0 Å². The molecule has 36 heteroatoms. The fourth-order valence-corrected chi connectivity index (χ4v) is 10.1. The topological polar surface area (TPSA) is 373 Å². The van der Waals surface area contributed by atoms with Crippen LogP contribution in [0.2, 0.25) is 0 Å². The monoisotopic (exact) mass is 1590 g/mol. The van der Waals surface area contributed by atoms with E-state index >= 15 is 0 Å². The first-order valence-electron chi connectivity index (χ1n) is 39.5. The second kappa shape index (κ2) is 74.0. The smallest absolute Gasteiger partial charge is 0.260 e. The summed E-state index contributed by atoms with van der Waals surface area (Å²) in [6, 6.07) is 8.70. The molecule has 1 aliphatic rings. The highest BCUT2D eigenvalue weighted by molar-refractivity contribution is 5.88. The van der Waals surface area contributed by atoms with Crippen LogP contribution in [0.4, 0.5) is 5.82 Å². The van der Waals surface area contributed by atoms with Gasteiger partial charge < -0.3 is 134 Å². The summed E-state index contributed by atoms with van der Waals surface area (Å²) in [5, 5.41) is 11.8. The minimum Gasteiger partial charge on any atom is -0.472 e. The van der Waals surface area contributed by atoms with E-state index in [0.717, 1.165) is 55.8 Å². The van der Waals surface area contributed by atoms with Gasteiger partial charge in [-0.1, -0.05) is 42.7 Å². The van der Waals surface area contributed by atoms with Crippen molar-refractivity contribution in [3.63, 3.8) is 0 Å². The number of nitrogens with zero attached hydrogens (tertiary/aromatic N) is 9. The zero-order valence-corrected chi connectivity index (χ0v) is 66.8. The number of fused-ring (bicyclic) bond motifs is 1. The van der Waals surface area contributed by atoms with Crippen molar-refractivity contribution in [2.24, 2.45) is 5.11 Å². The van der Waals surface area contributed by atoms with E-state index in [-0.39, 0.29) is 12.0 Å². The molecule has 1 saturated heterocycles. The number of aryl methyl sites for hydroxylation is 1. The third kappa shape index (κ3) is 56.2. The third-order valence-electron chi connectivity index (χ3n) is 15.8. The van der Waals surface area contributed by atoms with Gasteiger partial charge in [-0.15, -0.1) is 10.2 Å². The first kappa shape index (κ1) is 98.5. The number of azide groups is 1. The van der Waals surface area contributed by atoms with Crippen molar-refractivity contribution in [1.82, 2.24) is 29.5 Å². The van der Waals surface area contributed by atoms with Crippen LogP contribution >= 0.6 is 0 Å². The molecule has 0 unspecified atom stereocenters. The van der Waals surface area contributed by atoms with Gasteiger partial charge in [0.25, 0.3) is 5.88 Å². The average Bonchev–Trinajstić information content (AvgIpc) is 1.63. The van der Waals surface area contributed by atoms with Crippen molar-refractivity contribution in [3.8, 4) is 5.88 Å². The molecule has 1 aromatic carbocycles. The molecule has 3 heterocycles. The fraction of sp³-hybridized carbons (Fsp3) is 0.840. The highest BCUT2D eigenvalue weighted by atomic mass is 16.6. The molecular formula is C75H134N10O26. The molecule has 2 N–H and O–H groups in total. The zero-order valence-electron chi connectivity index (χ0n) is 66.8. The van der Waals surface area contributed by atoms with Crippen LogP contribution < -0.4 is 10.5 Å². The fourth-order valence-electron chi connectivity index (χ4n) is 10.1. The maximum absolute atomic E-state index is 12.9. The molecule has 0 saturated carbocycles. The number of anilines is 1. The molecule has 0 bridgehead atoms. The van der Waals surface area contributed by atoms with Gasteiger partial charge in [-0.25, -0.2) is 4.98 Å². The number of unbranched alkanes of at least 4 members (excludes halogenated alkanes) is 1. The summed E-state index contributed by atoms with van der Waals surface area (Å²) >= 11 is 0. The molecule has 0 aliphatic carbocycles. The number of aromatic nitrogens is 4. The van der Waals surface area contributed by atoms with Gasteiger partial charge in [-0.3, -0.25) is 9.69 Å². The second-order valence-electron chi connectivity index (χ2n) is 24.8. The number of carbonyl (C=O) groups is 1. The van der Waals surface area contributed by atoms with Crippen molar-refractivity contribution in [2.45, 2.75) is 65.6 Å².